The second kappa shape index (κ2) is 10.5. The molecule has 4 rings (SSSR count). The van der Waals surface area contributed by atoms with Crippen LogP contribution in [0.3, 0.4) is 0 Å². The molecule has 3 N–H and O–H groups in total. The van der Waals surface area contributed by atoms with Crippen molar-refractivity contribution in [3.8, 4) is 11.1 Å². The molecule has 8 heteroatoms. The van der Waals surface area contributed by atoms with Gasteiger partial charge in [-0.25, -0.2) is 4.79 Å². The van der Waals surface area contributed by atoms with Crippen LogP contribution in [0.1, 0.15) is 43.2 Å². The van der Waals surface area contributed by atoms with Crippen LogP contribution in [0.4, 0.5) is 4.79 Å². The van der Waals surface area contributed by atoms with Crippen LogP contribution in [0.5, 0.6) is 0 Å². The van der Waals surface area contributed by atoms with E-state index in [0.717, 1.165) is 12.8 Å². The van der Waals surface area contributed by atoms with Gasteiger partial charge in [-0.05, 0) is 47.9 Å². The summed E-state index contributed by atoms with van der Waals surface area (Å²) < 4.78 is 5.51. The van der Waals surface area contributed by atoms with Crippen LogP contribution in [0.15, 0.2) is 48.5 Å². The van der Waals surface area contributed by atoms with Crippen molar-refractivity contribution in [1.29, 1.82) is 0 Å². The molecule has 1 fully saturated rings. The number of carboxylic acid groups (broad SMARTS) is 1. The Bertz CT molecular complexity index is 1030. The lowest BCUT2D eigenvalue weighted by atomic mass is 9.91. The van der Waals surface area contributed by atoms with E-state index in [4.69, 9.17) is 9.84 Å². The minimum atomic E-state index is -0.908. The molecule has 0 radical (unpaired) electrons. The van der Waals surface area contributed by atoms with Gasteiger partial charge in [-0.3, -0.25) is 9.59 Å². The topological polar surface area (TPSA) is 105 Å². The molecule has 1 atom stereocenters. The third kappa shape index (κ3) is 5.73. The van der Waals surface area contributed by atoms with Gasteiger partial charge in [0.25, 0.3) is 0 Å². The number of nitrogens with one attached hydrogen (secondary N) is 2. The minimum Gasteiger partial charge on any atom is -0.481 e. The highest BCUT2D eigenvalue weighted by Crippen LogP contribution is 2.44. The van der Waals surface area contributed by atoms with Crippen LogP contribution in [-0.4, -0.2) is 53.3 Å². The number of amides is 2. The summed E-state index contributed by atoms with van der Waals surface area (Å²) in [6.45, 7) is 2.45. The molecule has 34 heavy (non-hydrogen) atoms. The van der Waals surface area contributed by atoms with Gasteiger partial charge >= 0.3 is 12.1 Å². The van der Waals surface area contributed by atoms with Crippen molar-refractivity contribution in [2.45, 2.75) is 37.6 Å². The Labute approximate surface area is 203 Å². The smallest absolute Gasteiger partial charge is 0.407 e. The van der Waals surface area contributed by atoms with Gasteiger partial charge in [-0.15, -0.1) is 0 Å². The van der Waals surface area contributed by atoms with Crippen LogP contribution >= 0.6 is 11.8 Å². The van der Waals surface area contributed by atoms with Gasteiger partial charge in [0.15, 0.2) is 0 Å². The first-order chi connectivity index (χ1) is 16.4. The molecule has 2 aromatic carbocycles. The van der Waals surface area contributed by atoms with Crippen molar-refractivity contribution in [1.82, 2.24) is 10.6 Å². The predicted molar refractivity (Wildman–Crippen MR) is 132 cm³/mol. The van der Waals surface area contributed by atoms with Crippen LogP contribution in [0.2, 0.25) is 0 Å². The van der Waals surface area contributed by atoms with E-state index in [1.165, 1.54) is 34.0 Å². The molecule has 1 unspecified atom stereocenters. The highest BCUT2D eigenvalue weighted by atomic mass is 32.2. The molecule has 2 aromatic rings. The van der Waals surface area contributed by atoms with Gasteiger partial charge in [0.2, 0.25) is 5.91 Å². The summed E-state index contributed by atoms with van der Waals surface area (Å²) in [7, 11) is 0. The zero-order valence-electron chi connectivity index (χ0n) is 19.2. The van der Waals surface area contributed by atoms with Crippen LogP contribution in [0.25, 0.3) is 11.1 Å². The van der Waals surface area contributed by atoms with E-state index in [1.54, 1.807) is 6.92 Å². The number of hydrogen-bond acceptors (Lipinski definition) is 5. The fourth-order valence-corrected chi connectivity index (χ4v) is 5.37. The maximum Gasteiger partial charge on any atom is 0.407 e. The second-order valence-electron chi connectivity index (χ2n) is 9.12. The molecule has 7 nitrogen and oxygen atoms in total. The van der Waals surface area contributed by atoms with Gasteiger partial charge in [-0.2, -0.15) is 11.8 Å². The average Bonchev–Trinajstić information content (AvgIpc) is 3.61. The Morgan fingerprint density at radius 2 is 1.68 bits per heavy atom. The van der Waals surface area contributed by atoms with E-state index in [2.05, 4.69) is 34.9 Å². The first-order valence-electron chi connectivity index (χ1n) is 11.6. The average molecular weight is 483 g/mol. The van der Waals surface area contributed by atoms with E-state index < -0.39 is 17.6 Å². The summed E-state index contributed by atoms with van der Waals surface area (Å²) in [6, 6.07) is 16.4. The number of rotatable bonds is 11. The molecule has 0 aromatic heterocycles. The van der Waals surface area contributed by atoms with Crippen molar-refractivity contribution in [3.63, 3.8) is 0 Å². The number of carboxylic acids is 1. The molecule has 0 bridgehead atoms. The molecule has 0 aliphatic heterocycles. The van der Waals surface area contributed by atoms with Crippen molar-refractivity contribution < 1.29 is 24.2 Å². The quantitative estimate of drug-likeness (QED) is 0.418. The number of thioether (sulfide) groups is 1. The molecule has 0 spiro atoms. The second-order valence-corrected chi connectivity index (χ2v) is 10.2. The highest BCUT2D eigenvalue weighted by Gasteiger charge is 2.43. The molecule has 2 amide bonds. The molecule has 1 saturated carbocycles. The van der Waals surface area contributed by atoms with E-state index in [-0.39, 0.29) is 36.5 Å². The number of carbonyl (C=O) groups is 3. The fourth-order valence-electron chi connectivity index (χ4n) is 4.72. The Morgan fingerprint density at radius 3 is 2.26 bits per heavy atom. The molecule has 2 aliphatic rings. The monoisotopic (exact) mass is 482 g/mol. The molecule has 2 aliphatic carbocycles. The standard InChI is InChI=1S/C26H30N2O5S/c1-26(14-24(30)31,17-10-11-17)28-23(29)16-34-13-12-27-25(32)33-15-22-20-8-4-2-6-18(20)19-7-3-5-9-21(19)22/h2-9,17,22H,10-16H2,1H3,(H,27,32)(H,28,29)(H,30,31). The normalized spacial score (nSPS) is 16.1. The number of carbonyl (C=O) groups excluding carboxylic acids is 2. The fraction of sp³-hybridized carbons (Fsp3) is 0.423. The number of hydrogen-bond donors (Lipinski definition) is 3. The first-order valence-corrected chi connectivity index (χ1v) is 12.7. The lowest BCUT2D eigenvalue weighted by Crippen LogP contribution is -2.50. The Morgan fingerprint density at radius 1 is 1.06 bits per heavy atom. The summed E-state index contributed by atoms with van der Waals surface area (Å²) in [4.78, 5) is 35.6. The number of aliphatic carboxylic acids is 1. The molecule has 0 heterocycles. The lowest BCUT2D eigenvalue weighted by molar-refractivity contribution is -0.139. The number of alkyl carbamates (subject to hydrolysis) is 1. The summed E-state index contributed by atoms with van der Waals surface area (Å²) >= 11 is 1.39. The highest BCUT2D eigenvalue weighted by molar-refractivity contribution is 7.99. The van der Waals surface area contributed by atoms with Crippen LogP contribution in [0, 0.1) is 5.92 Å². The van der Waals surface area contributed by atoms with Gasteiger partial charge in [0.1, 0.15) is 6.61 Å². The van der Waals surface area contributed by atoms with Gasteiger partial charge in [-0.1, -0.05) is 48.5 Å². The van der Waals surface area contributed by atoms with Crippen LogP contribution < -0.4 is 10.6 Å². The number of fused-ring (bicyclic) bond motifs is 3. The van der Waals surface area contributed by atoms with Gasteiger partial charge in [0, 0.05) is 18.2 Å². The predicted octanol–water partition coefficient (Wildman–Crippen LogP) is 4.02. The van der Waals surface area contributed by atoms with Crippen molar-refractivity contribution >= 4 is 29.7 Å². The summed E-state index contributed by atoms with van der Waals surface area (Å²) in [6.07, 6.45) is 1.34. The molecular weight excluding hydrogens is 452 g/mol. The summed E-state index contributed by atoms with van der Waals surface area (Å²) in [5.74, 6) is -0.0719. The summed E-state index contributed by atoms with van der Waals surface area (Å²) in [5, 5.41) is 14.8. The Hall–Kier alpha value is -3.00. The number of ether oxygens (including phenoxy) is 1. The van der Waals surface area contributed by atoms with Crippen molar-refractivity contribution in [2.75, 3.05) is 24.7 Å². The summed E-state index contributed by atoms with van der Waals surface area (Å²) in [5.41, 5.74) is 4.01. The minimum absolute atomic E-state index is 0.0165. The molecule has 0 saturated heterocycles. The first kappa shape index (κ1) is 24.1. The maximum atomic E-state index is 12.3. The lowest BCUT2D eigenvalue weighted by Gasteiger charge is -2.29. The number of benzene rings is 2. The van der Waals surface area contributed by atoms with E-state index in [0.29, 0.717) is 12.3 Å². The zero-order chi connectivity index (χ0) is 24.1. The van der Waals surface area contributed by atoms with Gasteiger partial charge in [0.05, 0.1) is 17.7 Å². The van der Waals surface area contributed by atoms with E-state index in [1.807, 2.05) is 24.3 Å². The molecule has 180 valence electrons. The Balaban J connectivity index is 1.17. The third-order valence-electron chi connectivity index (χ3n) is 6.51. The SMILES string of the molecule is CC(CC(=O)O)(NC(=O)CSCCNC(=O)OCC1c2ccccc2-c2ccccc21)C1CC1. The van der Waals surface area contributed by atoms with Crippen molar-refractivity contribution in [3.05, 3.63) is 59.7 Å². The molecular formula is C26H30N2O5S. The van der Waals surface area contributed by atoms with E-state index in [9.17, 15) is 14.4 Å². The van der Waals surface area contributed by atoms with E-state index >= 15 is 0 Å². The zero-order valence-corrected chi connectivity index (χ0v) is 20.0. The van der Waals surface area contributed by atoms with Crippen molar-refractivity contribution in [2.24, 2.45) is 5.92 Å². The largest absolute Gasteiger partial charge is 0.481 e. The third-order valence-corrected chi connectivity index (χ3v) is 7.47. The Kier molecular flexibility index (Phi) is 7.46. The van der Waals surface area contributed by atoms with Crippen LogP contribution in [-0.2, 0) is 14.3 Å². The van der Waals surface area contributed by atoms with Gasteiger partial charge < -0.3 is 20.5 Å². The maximum absolute atomic E-state index is 12.3.